The van der Waals surface area contributed by atoms with Crippen LogP contribution in [0.3, 0.4) is 0 Å². The van der Waals surface area contributed by atoms with Crippen molar-refractivity contribution in [2.75, 3.05) is 0 Å². The first kappa shape index (κ1) is 14.8. The highest BCUT2D eigenvalue weighted by Gasteiger charge is 2.21. The van der Waals surface area contributed by atoms with Crippen molar-refractivity contribution in [2.24, 2.45) is 0 Å². The molecule has 1 aromatic carbocycles. The quantitative estimate of drug-likeness (QED) is 0.459. The van der Waals surface area contributed by atoms with Gasteiger partial charge >= 0.3 is 5.69 Å². The maximum absolute atomic E-state index is 11.0. The lowest BCUT2D eigenvalue weighted by molar-refractivity contribution is -0.385. The molecule has 0 spiro atoms. The van der Waals surface area contributed by atoms with Gasteiger partial charge in [0.25, 0.3) is 5.06 Å². The van der Waals surface area contributed by atoms with Gasteiger partial charge in [-0.2, -0.15) is 0 Å². The van der Waals surface area contributed by atoms with Crippen molar-refractivity contribution >= 4 is 46.5 Å². The Kier molecular flexibility index (Phi) is 4.59. The van der Waals surface area contributed by atoms with Gasteiger partial charge in [0.05, 0.1) is 9.95 Å². The number of nitro groups is 1. The van der Waals surface area contributed by atoms with Crippen LogP contribution < -0.4 is 4.74 Å². The molecule has 8 heteroatoms. The van der Waals surface area contributed by atoms with Crippen molar-refractivity contribution in [3.8, 4) is 10.8 Å². The van der Waals surface area contributed by atoms with Crippen LogP contribution in [0.1, 0.15) is 4.88 Å². The van der Waals surface area contributed by atoms with Gasteiger partial charge < -0.3 is 9.53 Å². The fourth-order valence-electron chi connectivity index (χ4n) is 1.45. The number of carbonyl (C=O) groups excluding carboxylic acids is 1. The number of aldehydes is 1. The maximum Gasteiger partial charge on any atom is 0.323 e. The van der Waals surface area contributed by atoms with E-state index >= 15 is 0 Å². The summed E-state index contributed by atoms with van der Waals surface area (Å²) in [6.07, 6.45) is 0.776. The van der Waals surface area contributed by atoms with Crippen LogP contribution in [-0.4, -0.2) is 11.2 Å². The van der Waals surface area contributed by atoms with Crippen LogP contribution in [-0.2, 0) is 11.2 Å². The molecular weight excluding hydrogens is 325 g/mol. The summed E-state index contributed by atoms with van der Waals surface area (Å²) < 4.78 is 5.45. The third-order valence-corrected chi connectivity index (χ3v) is 3.86. The molecule has 0 aliphatic rings. The van der Waals surface area contributed by atoms with E-state index in [1.807, 2.05) is 0 Å². The highest BCUT2D eigenvalue weighted by molar-refractivity contribution is 7.14. The number of carbonyl (C=O) groups is 1. The Morgan fingerprint density at radius 3 is 2.70 bits per heavy atom. The molecule has 1 aromatic heterocycles. The predicted molar refractivity (Wildman–Crippen MR) is 77.3 cm³/mol. The van der Waals surface area contributed by atoms with E-state index < -0.39 is 4.92 Å². The Balaban J connectivity index is 2.36. The summed E-state index contributed by atoms with van der Waals surface area (Å²) in [6, 6.07) is 5.88. The molecule has 0 atom stereocenters. The monoisotopic (exact) mass is 331 g/mol. The van der Waals surface area contributed by atoms with Gasteiger partial charge in [0.2, 0.25) is 0 Å². The van der Waals surface area contributed by atoms with Gasteiger partial charge in [-0.25, -0.2) is 0 Å². The third kappa shape index (κ3) is 3.27. The summed E-state index contributed by atoms with van der Waals surface area (Å²) in [6.45, 7) is 0. The topological polar surface area (TPSA) is 69.4 Å². The molecule has 0 fully saturated rings. The highest BCUT2D eigenvalue weighted by Crippen LogP contribution is 2.41. The molecule has 2 rings (SSSR count). The van der Waals surface area contributed by atoms with E-state index in [9.17, 15) is 14.9 Å². The second-order valence-electron chi connectivity index (χ2n) is 3.69. The number of ether oxygens (including phenoxy) is 1. The van der Waals surface area contributed by atoms with Crippen molar-refractivity contribution in [1.82, 2.24) is 0 Å². The van der Waals surface area contributed by atoms with Crippen molar-refractivity contribution in [3.63, 3.8) is 0 Å². The average molecular weight is 332 g/mol. The minimum atomic E-state index is -0.566. The molecule has 0 amide bonds. The van der Waals surface area contributed by atoms with Crippen molar-refractivity contribution < 1.29 is 14.5 Å². The molecule has 0 unspecified atom stereocenters. The largest absolute Gasteiger partial charge is 0.438 e. The van der Waals surface area contributed by atoms with Gasteiger partial charge in [0.15, 0.2) is 0 Å². The zero-order valence-electron chi connectivity index (χ0n) is 9.84. The molecule has 20 heavy (non-hydrogen) atoms. The number of nitrogens with zero attached hydrogens (tertiary/aromatic N) is 1. The van der Waals surface area contributed by atoms with Crippen molar-refractivity contribution in [2.45, 2.75) is 6.42 Å². The van der Waals surface area contributed by atoms with E-state index in [4.69, 9.17) is 27.9 Å². The molecule has 104 valence electrons. The highest BCUT2D eigenvalue weighted by atomic mass is 35.5. The van der Waals surface area contributed by atoms with Crippen LogP contribution in [0.25, 0.3) is 0 Å². The lowest BCUT2D eigenvalue weighted by Crippen LogP contribution is -1.89. The summed E-state index contributed by atoms with van der Waals surface area (Å²) in [7, 11) is 0. The smallest absolute Gasteiger partial charge is 0.323 e. The zero-order valence-corrected chi connectivity index (χ0v) is 12.2. The van der Waals surface area contributed by atoms with Gasteiger partial charge in [-0.3, -0.25) is 10.1 Å². The Bertz CT molecular complexity index is 671. The Labute approximate surface area is 127 Å². The summed E-state index contributed by atoms with van der Waals surface area (Å²) in [5, 5.41) is 11.7. The first-order valence-corrected chi connectivity index (χ1v) is 6.92. The van der Waals surface area contributed by atoms with Gasteiger partial charge in [-0.1, -0.05) is 34.5 Å². The standard InChI is InChI=1S/C12H7Cl2NO4S/c13-7-1-2-11(9(14)5-7)19-12-10(15(17)18)6-8(20-12)3-4-16/h1-2,4-6H,3H2. The Morgan fingerprint density at radius 2 is 2.10 bits per heavy atom. The van der Waals surface area contributed by atoms with Gasteiger partial charge in [0, 0.05) is 22.4 Å². The summed E-state index contributed by atoms with van der Waals surface area (Å²) in [4.78, 5) is 21.4. The predicted octanol–water partition coefficient (Wildman–Crippen LogP) is 4.50. The molecule has 0 N–H and O–H groups in total. The molecule has 0 aliphatic carbocycles. The summed E-state index contributed by atoms with van der Waals surface area (Å²) >= 11 is 12.7. The first-order chi connectivity index (χ1) is 9.51. The Morgan fingerprint density at radius 1 is 1.35 bits per heavy atom. The minimum absolute atomic E-state index is 0.0797. The van der Waals surface area contributed by atoms with E-state index in [1.165, 1.54) is 18.2 Å². The van der Waals surface area contributed by atoms with E-state index in [-0.39, 0.29) is 27.9 Å². The maximum atomic E-state index is 11.0. The number of rotatable bonds is 5. The third-order valence-electron chi connectivity index (χ3n) is 2.31. The van der Waals surface area contributed by atoms with E-state index in [0.29, 0.717) is 16.2 Å². The molecule has 5 nitrogen and oxygen atoms in total. The number of halogens is 2. The zero-order chi connectivity index (χ0) is 14.7. The fraction of sp³-hybridized carbons (Fsp3) is 0.0833. The molecule has 0 saturated carbocycles. The van der Waals surface area contributed by atoms with Crippen LogP contribution >= 0.6 is 34.5 Å². The van der Waals surface area contributed by atoms with Crippen molar-refractivity contribution in [3.05, 3.63) is 49.3 Å². The molecule has 2 aromatic rings. The van der Waals surface area contributed by atoms with Gasteiger partial charge in [-0.15, -0.1) is 0 Å². The molecule has 0 aliphatic heterocycles. The molecule has 0 radical (unpaired) electrons. The summed E-state index contributed by atoms with van der Waals surface area (Å²) in [5.74, 6) is 0.263. The normalized spacial score (nSPS) is 10.3. The van der Waals surface area contributed by atoms with Crippen molar-refractivity contribution in [1.29, 1.82) is 0 Å². The molecular formula is C12H7Cl2NO4S. The van der Waals surface area contributed by atoms with E-state index in [0.717, 1.165) is 11.3 Å². The molecule has 0 bridgehead atoms. The van der Waals surface area contributed by atoms with Crippen LogP contribution in [0.5, 0.6) is 10.8 Å². The van der Waals surface area contributed by atoms with E-state index in [1.54, 1.807) is 6.07 Å². The van der Waals surface area contributed by atoms with Crippen LogP contribution in [0, 0.1) is 10.1 Å². The van der Waals surface area contributed by atoms with E-state index in [2.05, 4.69) is 0 Å². The minimum Gasteiger partial charge on any atom is -0.438 e. The lowest BCUT2D eigenvalue weighted by Gasteiger charge is -2.05. The Hall–Kier alpha value is -1.63. The number of hydrogen-bond donors (Lipinski definition) is 0. The van der Waals surface area contributed by atoms with Gasteiger partial charge in [-0.05, 0) is 18.2 Å². The number of benzene rings is 1. The average Bonchev–Trinajstić information content (AvgIpc) is 2.76. The molecule has 1 heterocycles. The SMILES string of the molecule is O=CCc1cc([N+](=O)[O-])c(Oc2ccc(Cl)cc2Cl)s1. The molecule has 0 saturated heterocycles. The fourth-order valence-corrected chi connectivity index (χ4v) is 2.83. The number of thiophene rings is 1. The first-order valence-electron chi connectivity index (χ1n) is 5.35. The summed E-state index contributed by atoms with van der Waals surface area (Å²) in [5.41, 5.74) is -0.196. The second kappa shape index (κ2) is 6.21. The lowest BCUT2D eigenvalue weighted by atomic mass is 10.3. The second-order valence-corrected chi connectivity index (χ2v) is 5.63. The van der Waals surface area contributed by atoms with Crippen LogP contribution in [0.4, 0.5) is 5.69 Å². The van der Waals surface area contributed by atoms with Crippen LogP contribution in [0.2, 0.25) is 10.0 Å². The number of hydrogen-bond acceptors (Lipinski definition) is 5. The van der Waals surface area contributed by atoms with Crippen LogP contribution in [0.15, 0.2) is 24.3 Å². The van der Waals surface area contributed by atoms with Gasteiger partial charge in [0.1, 0.15) is 12.0 Å².